The second kappa shape index (κ2) is 7.52. The normalized spacial score (nSPS) is 22.2. The zero-order valence-corrected chi connectivity index (χ0v) is 16.2. The van der Waals surface area contributed by atoms with E-state index in [0.29, 0.717) is 19.6 Å². The molecule has 4 rings (SSSR count). The number of urea groups is 1. The Morgan fingerprint density at radius 3 is 2.73 bits per heavy atom. The molecule has 3 amide bonds. The second-order valence-corrected chi connectivity index (χ2v) is 7.85. The van der Waals surface area contributed by atoms with Crippen molar-refractivity contribution in [3.05, 3.63) is 41.0 Å². The monoisotopic (exact) mass is 355 g/mol. The first kappa shape index (κ1) is 18.5. The number of carbonyl (C=O) groups excluding carboxylic acids is 2. The smallest absolute Gasteiger partial charge is 0.321 e. The third kappa shape index (κ3) is 3.92. The van der Waals surface area contributed by atoms with E-state index in [4.69, 9.17) is 0 Å². The zero-order chi connectivity index (χ0) is 18.8. The van der Waals surface area contributed by atoms with Crippen LogP contribution < -0.4 is 5.32 Å². The summed E-state index contributed by atoms with van der Waals surface area (Å²) in [7, 11) is 0. The lowest BCUT2D eigenvalue weighted by Crippen LogP contribution is -2.48. The topological polar surface area (TPSA) is 52.7 Å². The third-order valence-corrected chi connectivity index (χ3v) is 5.41. The molecule has 5 nitrogen and oxygen atoms in total. The number of nitrogens with one attached hydrogen (secondary N) is 1. The Labute approximate surface area is 156 Å². The first-order valence-electron chi connectivity index (χ1n) is 9.42. The minimum atomic E-state index is -0.104. The number of hydrogen-bond donors (Lipinski definition) is 1. The molecule has 26 heavy (non-hydrogen) atoms. The molecule has 3 aliphatic rings. The number of fused-ring (bicyclic) bond motifs is 4. The van der Waals surface area contributed by atoms with Crippen LogP contribution >= 0.6 is 0 Å². The maximum atomic E-state index is 12.9. The highest BCUT2D eigenvalue weighted by molar-refractivity contribution is 5.91. The Morgan fingerprint density at radius 2 is 2.00 bits per heavy atom. The van der Waals surface area contributed by atoms with E-state index in [9.17, 15) is 9.59 Å². The zero-order valence-electron chi connectivity index (χ0n) is 16.2. The van der Waals surface area contributed by atoms with Crippen LogP contribution in [0, 0.1) is 19.8 Å². The van der Waals surface area contributed by atoms with Gasteiger partial charge in [-0.2, -0.15) is 0 Å². The van der Waals surface area contributed by atoms with Crippen molar-refractivity contribution >= 4 is 17.6 Å². The molecule has 2 atom stereocenters. The molecule has 0 spiro atoms. The Bertz CT molecular complexity index is 737. The molecule has 0 aromatic heterocycles. The van der Waals surface area contributed by atoms with Gasteiger partial charge in [-0.05, 0) is 57.7 Å². The van der Waals surface area contributed by atoms with Gasteiger partial charge in [0.15, 0.2) is 0 Å². The fourth-order valence-corrected chi connectivity index (χ4v) is 3.79. The standard InChI is InChI=1S/C21H29N3O2/c1-14(2)9-10-24-18-8-7-17(20(24)25)12-23(13-18)21(26)22-19-11-15(3)5-6-16(19)4/h5-6,9,11,17-18H,7-8,10,12-13H2,1-4H3,(H,22,26)/t17-,18+/m0/s1. The van der Waals surface area contributed by atoms with Gasteiger partial charge in [0, 0.05) is 31.4 Å². The molecule has 3 fully saturated rings. The predicted octanol–water partition coefficient (Wildman–Crippen LogP) is 3.72. The average Bonchev–Trinajstić information content (AvgIpc) is 2.87. The number of amides is 3. The van der Waals surface area contributed by atoms with Crippen molar-refractivity contribution in [3.63, 3.8) is 0 Å². The number of piperidine rings is 1. The van der Waals surface area contributed by atoms with Crippen LogP contribution in [0.25, 0.3) is 0 Å². The molecule has 1 aromatic rings. The highest BCUT2D eigenvalue weighted by Gasteiger charge is 2.41. The minimum absolute atomic E-state index is 0.0799. The van der Waals surface area contributed by atoms with Crippen molar-refractivity contribution in [1.82, 2.24) is 9.80 Å². The summed E-state index contributed by atoms with van der Waals surface area (Å²) in [6, 6.07) is 6.05. The summed E-state index contributed by atoms with van der Waals surface area (Å²) in [5.74, 6) is 0.115. The first-order chi connectivity index (χ1) is 12.3. The molecular weight excluding hydrogens is 326 g/mol. The van der Waals surface area contributed by atoms with Crippen molar-refractivity contribution in [3.8, 4) is 0 Å². The first-order valence-corrected chi connectivity index (χ1v) is 9.42. The summed E-state index contributed by atoms with van der Waals surface area (Å²) < 4.78 is 0. The maximum Gasteiger partial charge on any atom is 0.321 e. The summed E-state index contributed by atoms with van der Waals surface area (Å²) in [6.07, 6.45) is 3.95. The Balaban J connectivity index is 1.74. The lowest BCUT2D eigenvalue weighted by Gasteiger charge is -2.35. The molecule has 0 radical (unpaired) electrons. The van der Waals surface area contributed by atoms with E-state index < -0.39 is 0 Å². The largest absolute Gasteiger partial charge is 0.334 e. The highest BCUT2D eigenvalue weighted by atomic mass is 16.2. The number of aryl methyl sites for hydroxylation is 2. The van der Waals surface area contributed by atoms with Gasteiger partial charge in [-0.15, -0.1) is 0 Å². The lowest BCUT2D eigenvalue weighted by atomic mass is 9.94. The molecule has 0 saturated carbocycles. The van der Waals surface area contributed by atoms with Crippen molar-refractivity contribution < 1.29 is 9.59 Å². The maximum absolute atomic E-state index is 12.9. The molecule has 3 aliphatic heterocycles. The molecule has 5 heteroatoms. The van der Waals surface area contributed by atoms with E-state index in [1.807, 2.05) is 55.7 Å². The number of carbonyl (C=O) groups is 2. The Hall–Kier alpha value is -2.30. The summed E-state index contributed by atoms with van der Waals surface area (Å²) in [5, 5.41) is 3.04. The van der Waals surface area contributed by atoms with Gasteiger partial charge in [0.05, 0.1) is 5.92 Å². The molecule has 140 valence electrons. The third-order valence-electron chi connectivity index (χ3n) is 5.41. The summed E-state index contributed by atoms with van der Waals surface area (Å²) in [5.41, 5.74) is 4.22. The number of benzene rings is 1. The fraction of sp³-hybridized carbons (Fsp3) is 0.524. The van der Waals surface area contributed by atoms with Gasteiger partial charge in [-0.1, -0.05) is 23.8 Å². The summed E-state index contributed by atoms with van der Waals surface area (Å²) in [4.78, 5) is 29.4. The van der Waals surface area contributed by atoms with E-state index in [1.54, 1.807) is 0 Å². The van der Waals surface area contributed by atoms with Crippen molar-refractivity contribution in [1.29, 1.82) is 0 Å². The van der Waals surface area contributed by atoms with Gasteiger partial charge >= 0.3 is 6.03 Å². The van der Waals surface area contributed by atoms with Crippen LogP contribution in [0.4, 0.5) is 10.5 Å². The average molecular weight is 355 g/mol. The number of rotatable bonds is 3. The fourth-order valence-electron chi connectivity index (χ4n) is 3.79. The number of hydrogen-bond acceptors (Lipinski definition) is 2. The van der Waals surface area contributed by atoms with Gasteiger partial charge in [0.1, 0.15) is 0 Å². The van der Waals surface area contributed by atoms with E-state index in [1.165, 1.54) is 5.57 Å². The van der Waals surface area contributed by atoms with Gasteiger partial charge < -0.3 is 15.1 Å². The molecule has 1 N–H and O–H groups in total. The summed E-state index contributed by atoms with van der Waals surface area (Å²) >= 11 is 0. The molecule has 3 heterocycles. The SMILES string of the molecule is CC(C)=CCN1C(=O)[C@H]2CC[C@@H]1CN(C(=O)Nc1cc(C)ccc1C)C2. The van der Waals surface area contributed by atoms with Crippen LogP contribution in [-0.4, -0.2) is 47.4 Å². The molecule has 0 unspecified atom stereocenters. The van der Waals surface area contributed by atoms with Crippen LogP contribution in [0.1, 0.15) is 37.8 Å². The van der Waals surface area contributed by atoms with Crippen LogP contribution in [-0.2, 0) is 4.79 Å². The predicted molar refractivity (Wildman–Crippen MR) is 104 cm³/mol. The molecule has 3 saturated heterocycles. The van der Waals surface area contributed by atoms with Crippen molar-refractivity contribution in [2.75, 3.05) is 25.0 Å². The van der Waals surface area contributed by atoms with Gasteiger partial charge in [0.25, 0.3) is 0 Å². The van der Waals surface area contributed by atoms with Crippen LogP contribution in [0.3, 0.4) is 0 Å². The molecule has 2 bridgehead atoms. The van der Waals surface area contributed by atoms with Crippen LogP contribution in [0.5, 0.6) is 0 Å². The quantitative estimate of drug-likeness (QED) is 0.840. The van der Waals surface area contributed by atoms with Gasteiger partial charge in [-0.25, -0.2) is 4.79 Å². The van der Waals surface area contributed by atoms with Gasteiger partial charge in [0.2, 0.25) is 5.91 Å². The minimum Gasteiger partial charge on any atom is -0.334 e. The van der Waals surface area contributed by atoms with E-state index in [2.05, 4.69) is 11.4 Å². The van der Waals surface area contributed by atoms with Gasteiger partial charge in [-0.3, -0.25) is 4.79 Å². The number of nitrogens with zero attached hydrogens (tertiary/aromatic N) is 2. The Morgan fingerprint density at radius 1 is 1.23 bits per heavy atom. The van der Waals surface area contributed by atoms with Crippen molar-refractivity contribution in [2.45, 2.75) is 46.6 Å². The van der Waals surface area contributed by atoms with Crippen LogP contribution in [0.15, 0.2) is 29.8 Å². The summed E-state index contributed by atoms with van der Waals surface area (Å²) in [6.45, 7) is 9.86. The van der Waals surface area contributed by atoms with E-state index in [-0.39, 0.29) is 23.9 Å². The highest BCUT2D eigenvalue weighted by Crippen LogP contribution is 2.29. The van der Waals surface area contributed by atoms with E-state index in [0.717, 1.165) is 29.7 Å². The van der Waals surface area contributed by atoms with Crippen molar-refractivity contribution in [2.24, 2.45) is 5.92 Å². The molecular formula is C21H29N3O2. The lowest BCUT2D eigenvalue weighted by molar-refractivity contribution is -0.139. The molecule has 1 aromatic carbocycles. The number of allylic oxidation sites excluding steroid dienone is 1. The second-order valence-electron chi connectivity index (χ2n) is 7.85. The molecule has 0 aliphatic carbocycles. The Kier molecular flexibility index (Phi) is 5.35. The number of anilines is 1. The van der Waals surface area contributed by atoms with E-state index >= 15 is 0 Å². The van der Waals surface area contributed by atoms with Crippen LogP contribution in [0.2, 0.25) is 0 Å².